The largest absolute Gasteiger partial charge is 0.577 e. The van der Waals surface area contributed by atoms with Gasteiger partial charge in [0, 0.05) is 26.4 Å². The monoisotopic (exact) mass is 275 g/mol. The van der Waals surface area contributed by atoms with Gasteiger partial charge in [-0.25, -0.2) is 8.78 Å². The zero-order valence-electron chi connectivity index (χ0n) is 10.7. The van der Waals surface area contributed by atoms with Crippen LogP contribution in [0.1, 0.15) is 18.9 Å². The summed E-state index contributed by atoms with van der Waals surface area (Å²) in [6, 6.07) is 3.60. The minimum absolute atomic E-state index is 0.108. The lowest BCUT2D eigenvalue weighted by Gasteiger charge is -2.16. The summed E-state index contributed by atoms with van der Waals surface area (Å²) in [5.74, 6) is -1.09. The fraction of sp³-hybridized carbons (Fsp3) is 0.500. The average molecular weight is 275 g/mol. The minimum atomic E-state index is -1.70. The Labute approximate surface area is 108 Å². The van der Waals surface area contributed by atoms with Crippen LogP contribution in [0.2, 0.25) is 0 Å². The Kier molecular flexibility index (Phi) is 6.41. The van der Waals surface area contributed by atoms with E-state index < -0.39 is 21.2 Å². The fourth-order valence-corrected chi connectivity index (χ4v) is 2.29. The molecule has 0 saturated heterocycles. The zero-order chi connectivity index (χ0) is 13.5. The van der Waals surface area contributed by atoms with Gasteiger partial charge in [-0.15, -0.1) is 0 Å². The molecule has 0 amide bonds. The number of rotatable bonds is 7. The molecule has 0 spiro atoms. The van der Waals surface area contributed by atoms with Crippen LogP contribution in [0.25, 0.3) is 0 Å². The Morgan fingerprint density at radius 2 is 1.89 bits per heavy atom. The van der Waals surface area contributed by atoms with Crippen LogP contribution in [-0.4, -0.2) is 29.9 Å². The number of hydrogen-bond donors (Lipinski definition) is 0. The molecule has 1 radical (unpaired) electrons. The first kappa shape index (κ1) is 15.2. The average Bonchev–Trinajstić information content (AvgIpc) is 2.35. The SMILES string of the molecule is CO[Si](OC)OC(C)CCc1ccc(F)cc1F. The normalized spacial score (nSPS) is 13.0. The van der Waals surface area contributed by atoms with Gasteiger partial charge in [-0.1, -0.05) is 6.07 Å². The molecule has 0 aliphatic heterocycles. The second kappa shape index (κ2) is 7.58. The van der Waals surface area contributed by atoms with Crippen molar-refractivity contribution in [2.75, 3.05) is 14.2 Å². The first-order valence-corrected chi connectivity index (χ1v) is 6.84. The van der Waals surface area contributed by atoms with Crippen molar-refractivity contribution in [1.82, 2.24) is 0 Å². The number of hydrogen-bond acceptors (Lipinski definition) is 3. The summed E-state index contributed by atoms with van der Waals surface area (Å²) in [6.07, 6.45) is 0.988. The van der Waals surface area contributed by atoms with Gasteiger partial charge in [-0.3, -0.25) is 0 Å². The van der Waals surface area contributed by atoms with Crippen molar-refractivity contribution in [3.63, 3.8) is 0 Å². The molecule has 0 aliphatic rings. The molecule has 18 heavy (non-hydrogen) atoms. The fourth-order valence-electron chi connectivity index (χ4n) is 1.49. The van der Waals surface area contributed by atoms with Gasteiger partial charge in [0.25, 0.3) is 0 Å². The van der Waals surface area contributed by atoms with Crippen molar-refractivity contribution < 1.29 is 22.1 Å². The number of halogens is 2. The standard InChI is InChI=1S/C12H17F2O3Si/c1-9(17-18(15-2)16-3)4-5-10-6-7-11(13)8-12(10)14/h6-9H,4-5H2,1-3H3. The van der Waals surface area contributed by atoms with Crippen molar-refractivity contribution in [2.45, 2.75) is 25.9 Å². The second-order valence-electron chi connectivity index (χ2n) is 3.86. The van der Waals surface area contributed by atoms with Gasteiger partial charge >= 0.3 is 9.53 Å². The third-order valence-electron chi connectivity index (χ3n) is 2.47. The molecular formula is C12H17F2O3Si. The van der Waals surface area contributed by atoms with Crippen LogP contribution < -0.4 is 0 Å². The first-order valence-electron chi connectivity index (χ1n) is 5.62. The van der Waals surface area contributed by atoms with Crippen LogP contribution in [0.4, 0.5) is 8.78 Å². The maximum Gasteiger partial charge on any atom is 0.577 e. The quantitative estimate of drug-likeness (QED) is 0.716. The molecule has 0 heterocycles. The van der Waals surface area contributed by atoms with E-state index in [1.807, 2.05) is 6.92 Å². The van der Waals surface area contributed by atoms with E-state index in [9.17, 15) is 8.78 Å². The third-order valence-corrected chi connectivity index (χ3v) is 3.73. The molecule has 0 N–H and O–H groups in total. The topological polar surface area (TPSA) is 27.7 Å². The Balaban J connectivity index is 2.44. The van der Waals surface area contributed by atoms with Gasteiger partial charge in [0.1, 0.15) is 11.6 Å². The van der Waals surface area contributed by atoms with Crippen LogP contribution in [0.15, 0.2) is 18.2 Å². The van der Waals surface area contributed by atoms with Crippen molar-refractivity contribution in [2.24, 2.45) is 0 Å². The van der Waals surface area contributed by atoms with Crippen molar-refractivity contribution in [1.29, 1.82) is 0 Å². The van der Waals surface area contributed by atoms with E-state index in [0.717, 1.165) is 6.07 Å². The lowest BCUT2D eigenvalue weighted by molar-refractivity contribution is 0.0907. The van der Waals surface area contributed by atoms with Gasteiger partial charge in [0.2, 0.25) is 0 Å². The molecule has 1 atom stereocenters. The molecule has 0 fully saturated rings. The van der Waals surface area contributed by atoms with E-state index in [1.54, 1.807) is 0 Å². The first-order chi connectivity index (χ1) is 8.56. The molecular weight excluding hydrogens is 258 g/mol. The van der Waals surface area contributed by atoms with Gasteiger partial charge < -0.3 is 13.3 Å². The van der Waals surface area contributed by atoms with Gasteiger partial charge in [-0.2, -0.15) is 0 Å². The summed E-state index contributed by atoms with van der Waals surface area (Å²) >= 11 is 0. The zero-order valence-corrected chi connectivity index (χ0v) is 11.7. The second-order valence-corrected chi connectivity index (χ2v) is 5.41. The summed E-state index contributed by atoms with van der Waals surface area (Å²) in [4.78, 5) is 0. The smallest absolute Gasteiger partial charge is 0.375 e. The Morgan fingerprint density at radius 1 is 1.22 bits per heavy atom. The molecule has 0 bridgehead atoms. The van der Waals surface area contributed by atoms with E-state index >= 15 is 0 Å². The highest BCUT2D eigenvalue weighted by atomic mass is 28.3. The predicted molar refractivity (Wildman–Crippen MR) is 65.0 cm³/mol. The Bertz CT molecular complexity index is 372. The van der Waals surface area contributed by atoms with E-state index in [4.69, 9.17) is 13.3 Å². The lowest BCUT2D eigenvalue weighted by atomic mass is 10.1. The van der Waals surface area contributed by atoms with E-state index in [1.165, 1.54) is 26.4 Å². The molecule has 0 aliphatic carbocycles. The van der Waals surface area contributed by atoms with Gasteiger partial charge in [-0.05, 0) is 31.4 Å². The van der Waals surface area contributed by atoms with Crippen LogP contribution in [0.3, 0.4) is 0 Å². The summed E-state index contributed by atoms with van der Waals surface area (Å²) in [6.45, 7) is 1.87. The molecule has 3 nitrogen and oxygen atoms in total. The van der Waals surface area contributed by atoms with Crippen molar-refractivity contribution in [3.05, 3.63) is 35.4 Å². The summed E-state index contributed by atoms with van der Waals surface area (Å²) in [5.41, 5.74) is 0.482. The minimum Gasteiger partial charge on any atom is -0.375 e. The Hall–Kier alpha value is -0.823. The molecule has 1 aromatic carbocycles. The summed E-state index contributed by atoms with van der Waals surface area (Å²) in [7, 11) is 1.34. The highest BCUT2D eigenvalue weighted by Gasteiger charge is 2.19. The summed E-state index contributed by atoms with van der Waals surface area (Å²) < 4.78 is 41.6. The molecule has 6 heteroatoms. The van der Waals surface area contributed by atoms with Crippen molar-refractivity contribution >= 4 is 9.53 Å². The van der Waals surface area contributed by atoms with Gasteiger partial charge in [0.05, 0.1) is 0 Å². The van der Waals surface area contributed by atoms with Crippen LogP contribution in [0, 0.1) is 11.6 Å². The van der Waals surface area contributed by atoms with E-state index in [-0.39, 0.29) is 6.10 Å². The van der Waals surface area contributed by atoms with E-state index in [2.05, 4.69) is 0 Å². The Morgan fingerprint density at radius 3 is 2.44 bits per heavy atom. The number of benzene rings is 1. The molecule has 1 rings (SSSR count). The number of aryl methyl sites for hydroxylation is 1. The molecule has 0 aromatic heterocycles. The van der Waals surface area contributed by atoms with Crippen LogP contribution in [0.5, 0.6) is 0 Å². The van der Waals surface area contributed by atoms with Crippen LogP contribution >= 0.6 is 0 Å². The highest BCUT2D eigenvalue weighted by Crippen LogP contribution is 2.13. The maximum absolute atomic E-state index is 13.4. The molecule has 1 aromatic rings. The third kappa shape index (κ3) is 4.81. The van der Waals surface area contributed by atoms with Crippen LogP contribution in [-0.2, 0) is 19.7 Å². The predicted octanol–water partition coefficient (Wildman–Crippen LogP) is 2.58. The highest BCUT2D eigenvalue weighted by molar-refractivity contribution is 6.36. The maximum atomic E-state index is 13.4. The molecule has 0 saturated carbocycles. The van der Waals surface area contributed by atoms with Crippen molar-refractivity contribution in [3.8, 4) is 0 Å². The molecule has 1 unspecified atom stereocenters. The summed E-state index contributed by atoms with van der Waals surface area (Å²) in [5, 5.41) is 0. The van der Waals surface area contributed by atoms with Gasteiger partial charge in [0.15, 0.2) is 0 Å². The van der Waals surface area contributed by atoms with E-state index in [0.29, 0.717) is 18.4 Å². The lowest BCUT2D eigenvalue weighted by Crippen LogP contribution is -2.29. The molecule has 101 valence electrons.